The van der Waals surface area contributed by atoms with Gasteiger partial charge in [-0.3, -0.25) is 4.79 Å². The summed E-state index contributed by atoms with van der Waals surface area (Å²) in [6.45, 7) is 3.82. The third kappa shape index (κ3) is 3.47. The third-order valence-corrected chi connectivity index (χ3v) is 2.61. The molecule has 1 rings (SSSR count). The van der Waals surface area contributed by atoms with Crippen LogP contribution in [0.15, 0.2) is 12.3 Å². The van der Waals surface area contributed by atoms with Gasteiger partial charge in [-0.2, -0.15) is 0 Å². The van der Waals surface area contributed by atoms with E-state index in [1.165, 1.54) is 6.20 Å². The Balaban J connectivity index is 2.66. The van der Waals surface area contributed by atoms with Crippen molar-refractivity contribution < 1.29 is 4.79 Å². The van der Waals surface area contributed by atoms with Crippen molar-refractivity contribution in [1.82, 2.24) is 4.98 Å². The molecule has 0 spiro atoms. The molecule has 16 heavy (non-hydrogen) atoms. The van der Waals surface area contributed by atoms with Gasteiger partial charge < -0.3 is 11.1 Å². The van der Waals surface area contributed by atoms with Crippen LogP contribution >= 0.6 is 11.6 Å². The number of nitrogens with two attached hydrogens (primary N) is 1. The summed E-state index contributed by atoms with van der Waals surface area (Å²) in [5.74, 6) is -0.189. The molecule has 88 valence electrons. The largest absolute Gasteiger partial charge is 0.323 e. The second-order valence-corrected chi connectivity index (χ2v) is 4.07. The standard InChI is InChI=1S/C11H16ClN3O/c1-3-4-9(13)11(16)15-8-5-7(2)10(12)14-6-8/h5-6,9H,3-4,13H2,1-2H3,(H,15,16)/t9-/m0/s1. The highest BCUT2D eigenvalue weighted by atomic mass is 35.5. The Morgan fingerprint density at radius 2 is 2.38 bits per heavy atom. The number of halogens is 1. The van der Waals surface area contributed by atoms with Crippen LogP contribution < -0.4 is 11.1 Å². The lowest BCUT2D eigenvalue weighted by Crippen LogP contribution is -2.35. The van der Waals surface area contributed by atoms with E-state index in [2.05, 4.69) is 10.3 Å². The van der Waals surface area contributed by atoms with E-state index in [-0.39, 0.29) is 5.91 Å². The van der Waals surface area contributed by atoms with Crippen molar-refractivity contribution in [3.8, 4) is 0 Å². The van der Waals surface area contributed by atoms with E-state index in [1.54, 1.807) is 6.07 Å². The zero-order chi connectivity index (χ0) is 12.1. The number of pyridine rings is 1. The summed E-state index contributed by atoms with van der Waals surface area (Å²) in [6.07, 6.45) is 3.07. The predicted octanol–water partition coefficient (Wildman–Crippen LogP) is 2.11. The van der Waals surface area contributed by atoms with E-state index >= 15 is 0 Å². The maximum Gasteiger partial charge on any atom is 0.241 e. The molecule has 3 N–H and O–H groups in total. The van der Waals surface area contributed by atoms with Gasteiger partial charge in [-0.1, -0.05) is 24.9 Å². The molecule has 1 aromatic heterocycles. The summed E-state index contributed by atoms with van der Waals surface area (Å²) in [5, 5.41) is 3.15. The lowest BCUT2D eigenvalue weighted by Gasteiger charge is -2.11. The van der Waals surface area contributed by atoms with Crippen molar-refractivity contribution in [3.63, 3.8) is 0 Å². The van der Waals surface area contributed by atoms with Crippen molar-refractivity contribution in [2.45, 2.75) is 32.7 Å². The molecule has 1 atom stereocenters. The highest BCUT2D eigenvalue weighted by molar-refractivity contribution is 6.30. The first-order valence-corrected chi connectivity index (χ1v) is 5.61. The van der Waals surface area contributed by atoms with Crippen LogP contribution in [0.2, 0.25) is 5.15 Å². The number of carbonyl (C=O) groups is 1. The van der Waals surface area contributed by atoms with Gasteiger partial charge in [0.15, 0.2) is 0 Å². The molecule has 0 unspecified atom stereocenters. The third-order valence-electron chi connectivity index (χ3n) is 2.22. The van der Waals surface area contributed by atoms with Crippen molar-refractivity contribution in [1.29, 1.82) is 0 Å². The minimum atomic E-state index is -0.471. The SMILES string of the molecule is CCC[C@H](N)C(=O)Nc1cnc(Cl)c(C)c1. The van der Waals surface area contributed by atoms with E-state index in [9.17, 15) is 4.79 Å². The maximum absolute atomic E-state index is 11.6. The summed E-state index contributed by atoms with van der Waals surface area (Å²) in [5.41, 5.74) is 7.13. The molecule has 1 aromatic rings. The van der Waals surface area contributed by atoms with Gasteiger partial charge in [0.1, 0.15) is 5.15 Å². The molecule has 0 aliphatic carbocycles. The highest BCUT2D eigenvalue weighted by Crippen LogP contribution is 2.16. The fourth-order valence-corrected chi connectivity index (χ4v) is 1.41. The summed E-state index contributed by atoms with van der Waals surface area (Å²) in [7, 11) is 0. The van der Waals surface area contributed by atoms with Gasteiger partial charge in [-0.05, 0) is 25.0 Å². The predicted molar refractivity (Wildman–Crippen MR) is 65.5 cm³/mol. The lowest BCUT2D eigenvalue weighted by atomic mass is 10.1. The number of anilines is 1. The molecule has 1 heterocycles. The maximum atomic E-state index is 11.6. The van der Waals surface area contributed by atoms with Gasteiger partial charge in [0.25, 0.3) is 0 Å². The molecule has 4 nitrogen and oxygen atoms in total. The Morgan fingerprint density at radius 1 is 1.69 bits per heavy atom. The molecular weight excluding hydrogens is 226 g/mol. The van der Waals surface area contributed by atoms with Crippen LogP contribution in [0.5, 0.6) is 0 Å². The number of amides is 1. The first kappa shape index (κ1) is 12.9. The van der Waals surface area contributed by atoms with E-state index in [4.69, 9.17) is 17.3 Å². The number of aromatic nitrogens is 1. The second-order valence-electron chi connectivity index (χ2n) is 3.72. The summed E-state index contributed by atoms with van der Waals surface area (Å²) in [6, 6.07) is 1.30. The Hall–Kier alpha value is -1.13. The van der Waals surface area contributed by atoms with Gasteiger partial charge in [0.2, 0.25) is 5.91 Å². The highest BCUT2D eigenvalue weighted by Gasteiger charge is 2.12. The van der Waals surface area contributed by atoms with Crippen LogP contribution in [-0.4, -0.2) is 16.9 Å². The minimum Gasteiger partial charge on any atom is -0.323 e. The molecule has 0 aromatic carbocycles. The fraction of sp³-hybridized carbons (Fsp3) is 0.455. The molecule has 0 aliphatic heterocycles. The number of nitrogens with zero attached hydrogens (tertiary/aromatic N) is 1. The molecule has 0 aliphatic rings. The Bertz CT molecular complexity index is 381. The molecule has 0 radical (unpaired) electrons. The Kier molecular flexibility index (Phi) is 4.71. The van der Waals surface area contributed by atoms with Crippen LogP contribution in [0.1, 0.15) is 25.3 Å². The van der Waals surface area contributed by atoms with Crippen LogP contribution in [-0.2, 0) is 4.79 Å². The van der Waals surface area contributed by atoms with Gasteiger partial charge in [-0.25, -0.2) is 4.98 Å². The molecule has 0 bridgehead atoms. The number of hydrogen-bond donors (Lipinski definition) is 2. The molecular formula is C11H16ClN3O. The number of carbonyl (C=O) groups excluding carboxylic acids is 1. The molecule has 0 fully saturated rings. The van der Waals surface area contributed by atoms with Crippen LogP contribution in [0.25, 0.3) is 0 Å². The van der Waals surface area contributed by atoms with Crippen LogP contribution in [0.4, 0.5) is 5.69 Å². The smallest absolute Gasteiger partial charge is 0.241 e. The number of aryl methyl sites for hydroxylation is 1. The first-order valence-electron chi connectivity index (χ1n) is 5.23. The van der Waals surface area contributed by atoms with Gasteiger partial charge in [-0.15, -0.1) is 0 Å². The lowest BCUT2D eigenvalue weighted by molar-refractivity contribution is -0.117. The summed E-state index contributed by atoms with van der Waals surface area (Å²) in [4.78, 5) is 15.5. The van der Waals surface area contributed by atoms with E-state index in [0.717, 1.165) is 12.0 Å². The Labute approximate surface area is 100 Å². The monoisotopic (exact) mass is 241 g/mol. The van der Waals surface area contributed by atoms with Crippen molar-refractivity contribution >= 4 is 23.2 Å². The average molecular weight is 242 g/mol. The van der Waals surface area contributed by atoms with Crippen molar-refractivity contribution in [2.75, 3.05) is 5.32 Å². The minimum absolute atomic E-state index is 0.189. The quantitative estimate of drug-likeness (QED) is 0.794. The second kappa shape index (κ2) is 5.82. The van der Waals surface area contributed by atoms with Crippen LogP contribution in [0, 0.1) is 6.92 Å². The summed E-state index contributed by atoms with van der Waals surface area (Å²) < 4.78 is 0. The van der Waals surface area contributed by atoms with Gasteiger partial charge in [0.05, 0.1) is 17.9 Å². The molecule has 1 amide bonds. The summed E-state index contributed by atoms with van der Waals surface area (Å²) >= 11 is 5.78. The molecule has 0 saturated heterocycles. The van der Waals surface area contributed by atoms with Crippen molar-refractivity contribution in [2.24, 2.45) is 5.73 Å². The molecule has 0 saturated carbocycles. The number of nitrogens with one attached hydrogen (secondary N) is 1. The first-order chi connectivity index (χ1) is 7.54. The molecule has 5 heteroatoms. The van der Waals surface area contributed by atoms with Crippen molar-refractivity contribution in [3.05, 3.63) is 23.0 Å². The number of rotatable bonds is 4. The van der Waals surface area contributed by atoms with E-state index < -0.39 is 6.04 Å². The fourth-order valence-electron chi connectivity index (χ4n) is 1.30. The van der Waals surface area contributed by atoms with Gasteiger partial charge >= 0.3 is 0 Å². The van der Waals surface area contributed by atoms with Crippen LogP contribution in [0.3, 0.4) is 0 Å². The van der Waals surface area contributed by atoms with Gasteiger partial charge in [0, 0.05) is 0 Å². The zero-order valence-corrected chi connectivity index (χ0v) is 10.2. The average Bonchev–Trinajstić information content (AvgIpc) is 2.24. The van der Waals surface area contributed by atoms with E-state index in [1.807, 2.05) is 13.8 Å². The zero-order valence-electron chi connectivity index (χ0n) is 9.46. The number of hydrogen-bond acceptors (Lipinski definition) is 3. The normalized spacial score (nSPS) is 12.2. The Morgan fingerprint density at radius 3 is 2.94 bits per heavy atom. The van der Waals surface area contributed by atoms with E-state index in [0.29, 0.717) is 17.3 Å². The topological polar surface area (TPSA) is 68.0 Å².